The first-order chi connectivity index (χ1) is 9.49. The van der Waals surface area contributed by atoms with Crippen LogP contribution in [0.5, 0.6) is 0 Å². The Morgan fingerprint density at radius 2 is 2.30 bits per heavy atom. The molecule has 1 aliphatic rings. The first-order valence-electron chi connectivity index (χ1n) is 6.35. The number of hydrogen-bond donors (Lipinski definition) is 2. The smallest absolute Gasteiger partial charge is 0.265 e. The van der Waals surface area contributed by atoms with Crippen LogP contribution in [-0.4, -0.2) is 18.0 Å². The zero-order chi connectivity index (χ0) is 14.3. The summed E-state index contributed by atoms with van der Waals surface area (Å²) in [6, 6.07) is 2.04. The normalized spacial score (nSPS) is 15.5. The number of rotatable bonds is 5. The third kappa shape index (κ3) is 2.58. The minimum Gasteiger partial charge on any atom is -0.346 e. The summed E-state index contributed by atoms with van der Waals surface area (Å²) in [5.74, 6) is 0. The van der Waals surface area contributed by atoms with Crippen molar-refractivity contribution in [1.29, 1.82) is 0 Å². The summed E-state index contributed by atoms with van der Waals surface area (Å²) in [4.78, 5) is 4.36. The largest absolute Gasteiger partial charge is 0.346 e. The van der Waals surface area contributed by atoms with Gasteiger partial charge >= 0.3 is 0 Å². The number of nitrogens with two attached hydrogens (primary N) is 1. The molecule has 8 heteroatoms. The van der Waals surface area contributed by atoms with Crippen LogP contribution in [0.2, 0.25) is 0 Å². The molecule has 0 bridgehead atoms. The van der Waals surface area contributed by atoms with Gasteiger partial charge in [-0.15, -0.1) is 11.3 Å². The molecule has 0 aliphatic heterocycles. The summed E-state index contributed by atoms with van der Waals surface area (Å²) in [7, 11) is -3.60. The molecule has 0 amide bonds. The van der Waals surface area contributed by atoms with E-state index in [2.05, 4.69) is 9.71 Å². The first kappa shape index (κ1) is 13.6. The Morgan fingerprint density at radius 1 is 1.55 bits per heavy atom. The van der Waals surface area contributed by atoms with Gasteiger partial charge in [-0.25, -0.2) is 13.4 Å². The van der Waals surface area contributed by atoms with Crippen LogP contribution in [0.1, 0.15) is 30.3 Å². The van der Waals surface area contributed by atoms with Crippen molar-refractivity contribution >= 4 is 26.5 Å². The van der Waals surface area contributed by atoms with Gasteiger partial charge in [0.25, 0.3) is 10.0 Å². The van der Waals surface area contributed by atoms with E-state index in [0.29, 0.717) is 17.7 Å². The fraction of sp³-hybridized carbons (Fsp3) is 0.417. The van der Waals surface area contributed by atoms with Gasteiger partial charge in [-0.05, 0) is 25.8 Å². The number of nitrogens with zero attached hydrogens (tertiary/aromatic N) is 2. The number of aryl methyl sites for hydroxylation is 1. The number of aromatic nitrogens is 2. The lowest BCUT2D eigenvalue weighted by Crippen LogP contribution is -2.12. The van der Waals surface area contributed by atoms with Crippen molar-refractivity contribution in [2.75, 3.05) is 4.72 Å². The van der Waals surface area contributed by atoms with Gasteiger partial charge in [-0.2, -0.15) is 0 Å². The molecule has 0 saturated heterocycles. The lowest BCUT2D eigenvalue weighted by Gasteiger charge is -2.04. The third-order valence-corrected chi connectivity index (χ3v) is 5.52. The quantitative estimate of drug-likeness (QED) is 0.881. The standard InChI is InChI=1S/C12H16N4O2S2/c1-8-7-19-12(14-8)15-20(17,18)11-4-10(5-13)16(6-11)9-2-3-9/h4,6-7,9H,2-3,5,13H2,1H3,(H,14,15). The van der Waals surface area contributed by atoms with Crippen LogP contribution in [-0.2, 0) is 16.6 Å². The molecule has 0 atom stereocenters. The third-order valence-electron chi connectivity index (χ3n) is 3.21. The monoisotopic (exact) mass is 312 g/mol. The zero-order valence-corrected chi connectivity index (χ0v) is 12.7. The van der Waals surface area contributed by atoms with E-state index in [-0.39, 0.29) is 4.90 Å². The van der Waals surface area contributed by atoms with E-state index >= 15 is 0 Å². The van der Waals surface area contributed by atoms with Crippen LogP contribution in [0.15, 0.2) is 22.5 Å². The van der Waals surface area contributed by atoms with E-state index in [4.69, 9.17) is 5.73 Å². The molecule has 1 aliphatic carbocycles. The summed E-state index contributed by atoms with van der Waals surface area (Å²) in [5.41, 5.74) is 7.33. The summed E-state index contributed by atoms with van der Waals surface area (Å²) in [5, 5.41) is 2.19. The van der Waals surface area contributed by atoms with Crippen LogP contribution >= 0.6 is 11.3 Å². The molecule has 1 fully saturated rings. The van der Waals surface area contributed by atoms with Crippen molar-refractivity contribution in [3.63, 3.8) is 0 Å². The van der Waals surface area contributed by atoms with E-state index in [9.17, 15) is 8.42 Å². The highest BCUT2D eigenvalue weighted by atomic mass is 32.2. The van der Waals surface area contributed by atoms with Crippen LogP contribution in [0.25, 0.3) is 0 Å². The second kappa shape index (κ2) is 4.87. The van der Waals surface area contributed by atoms with Gasteiger partial charge in [-0.3, -0.25) is 4.72 Å². The maximum atomic E-state index is 12.3. The Bertz CT molecular complexity index is 728. The van der Waals surface area contributed by atoms with Crippen molar-refractivity contribution in [3.8, 4) is 0 Å². The molecule has 0 aromatic carbocycles. The van der Waals surface area contributed by atoms with Crippen molar-refractivity contribution in [2.24, 2.45) is 5.73 Å². The second-order valence-corrected chi connectivity index (χ2v) is 7.45. The molecule has 3 rings (SSSR count). The first-order valence-corrected chi connectivity index (χ1v) is 8.71. The SMILES string of the molecule is Cc1csc(NS(=O)(=O)c2cc(CN)n(C3CC3)c2)n1. The summed E-state index contributed by atoms with van der Waals surface area (Å²) < 4.78 is 29.2. The average molecular weight is 312 g/mol. The second-order valence-electron chi connectivity index (χ2n) is 4.91. The van der Waals surface area contributed by atoms with E-state index in [1.807, 2.05) is 11.5 Å². The molecular formula is C12H16N4O2S2. The Labute approximate surface area is 121 Å². The molecule has 20 heavy (non-hydrogen) atoms. The van der Waals surface area contributed by atoms with Crippen molar-refractivity contribution in [2.45, 2.75) is 37.2 Å². The predicted molar refractivity (Wildman–Crippen MR) is 78.3 cm³/mol. The highest BCUT2D eigenvalue weighted by Crippen LogP contribution is 2.37. The van der Waals surface area contributed by atoms with Crippen LogP contribution < -0.4 is 10.5 Å². The molecule has 2 heterocycles. The summed E-state index contributed by atoms with van der Waals surface area (Å²) in [6.07, 6.45) is 3.84. The van der Waals surface area contributed by atoms with Gasteiger partial charge in [0.2, 0.25) is 0 Å². The maximum Gasteiger partial charge on any atom is 0.265 e. The van der Waals surface area contributed by atoms with Gasteiger partial charge in [-0.1, -0.05) is 0 Å². The lowest BCUT2D eigenvalue weighted by atomic mass is 10.4. The Morgan fingerprint density at radius 3 is 2.85 bits per heavy atom. The number of nitrogens with one attached hydrogen (secondary N) is 1. The molecule has 3 N–H and O–H groups in total. The summed E-state index contributed by atoms with van der Waals surface area (Å²) >= 11 is 1.27. The molecule has 108 valence electrons. The van der Waals surface area contributed by atoms with Crippen LogP contribution in [0, 0.1) is 6.92 Å². The van der Waals surface area contributed by atoms with Crippen molar-refractivity contribution in [1.82, 2.24) is 9.55 Å². The van der Waals surface area contributed by atoms with Crippen molar-refractivity contribution < 1.29 is 8.42 Å². The number of hydrogen-bond acceptors (Lipinski definition) is 5. The predicted octanol–water partition coefficient (Wildman–Crippen LogP) is 1.85. The van der Waals surface area contributed by atoms with Crippen molar-refractivity contribution in [3.05, 3.63) is 29.0 Å². The van der Waals surface area contributed by atoms with Gasteiger partial charge in [0.15, 0.2) is 5.13 Å². The Balaban J connectivity index is 1.90. The van der Waals surface area contributed by atoms with Gasteiger partial charge in [0.1, 0.15) is 4.90 Å². The molecule has 2 aromatic heterocycles. The Kier molecular flexibility index (Phi) is 3.31. The number of sulfonamides is 1. The molecular weight excluding hydrogens is 296 g/mol. The number of anilines is 1. The molecule has 0 spiro atoms. The lowest BCUT2D eigenvalue weighted by molar-refractivity contribution is 0.600. The average Bonchev–Trinajstić information content (AvgIpc) is 3.01. The topological polar surface area (TPSA) is 90.0 Å². The summed E-state index contributed by atoms with van der Waals surface area (Å²) in [6.45, 7) is 2.16. The molecule has 1 saturated carbocycles. The highest BCUT2D eigenvalue weighted by Gasteiger charge is 2.28. The molecule has 0 unspecified atom stereocenters. The minimum atomic E-state index is -3.60. The molecule has 0 radical (unpaired) electrons. The maximum absolute atomic E-state index is 12.3. The van der Waals surface area contributed by atoms with E-state index < -0.39 is 10.0 Å². The molecule has 2 aromatic rings. The van der Waals surface area contributed by atoms with Gasteiger partial charge in [0.05, 0.1) is 5.69 Å². The zero-order valence-electron chi connectivity index (χ0n) is 11.0. The van der Waals surface area contributed by atoms with Crippen LogP contribution in [0.3, 0.4) is 0 Å². The Hall–Kier alpha value is -1.38. The fourth-order valence-corrected chi connectivity index (χ4v) is 4.06. The van der Waals surface area contributed by atoms with E-state index in [1.54, 1.807) is 17.6 Å². The fourth-order valence-electron chi connectivity index (χ4n) is 2.07. The van der Waals surface area contributed by atoms with E-state index in [1.165, 1.54) is 11.3 Å². The van der Waals surface area contributed by atoms with Crippen LogP contribution in [0.4, 0.5) is 5.13 Å². The highest BCUT2D eigenvalue weighted by molar-refractivity contribution is 7.93. The molecule has 6 nitrogen and oxygen atoms in total. The minimum absolute atomic E-state index is 0.248. The van der Waals surface area contributed by atoms with Gasteiger partial charge < -0.3 is 10.3 Å². The van der Waals surface area contributed by atoms with Gasteiger partial charge in [0, 0.05) is 29.9 Å². The number of thiazole rings is 1. The van der Waals surface area contributed by atoms with E-state index in [0.717, 1.165) is 24.2 Å².